The second kappa shape index (κ2) is 5.41. The molecule has 106 valence electrons. The number of fused-ring (bicyclic) bond motifs is 1. The lowest BCUT2D eigenvalue weighted by atomic mass is 10.0. The highest BCUT2D eigenvalue weighted by Gasteiger charge is 2.29. The topological polar surface area (TPSA) is 42.2 Å². The summed E-state index contributed by atoms with van der Waals surface area (Å²) in [5, 5.41) is 2.49. The Labute approximate surface area is 120 Å². The third kappa shape index (κ3) is 2.27. The zero-order valence-electron chi connectivity index (χ0n) is 12.3. The normalized spacial score (nSPS) is 19.2. The summed E-state index contributed by atoms with van der Waals surface area (Å²) in [6.45, 7) is 6.21. The number of hydrogen-bond acceptors (Lipinski definition) is 3. The average molecular weight is 269 g/mol. The maximum Gasteiger partial charge on any atom is 0.137 e. The van der Waals surface area contributed by atoms with Gasteiger partial charge < -0.3 is 10.6 Å². The van der Waals surface area contributed by atoms with Crippen molar-refractivity contribution in [2.45, 2.75) is 39.3 Å². The molecule has 2 aromatic rings. The van der Waals surface area contributed by atoms with Gasteiger partial charge in [-0.2, -0.15) is 0 Å². The summed E-state index contributed by atoms with van der Waals surface area (Å²) in [6, 6.07) is 11.2. The van der Waals surface area contributed by atoms with Gasteiger partial charge >= 0.3 is 0 Å². The van der Waals surface area contributed by atoms with E-state index >= 15 is 0 Å². The van der Waals surface area contributed by atoms with Crippen molar-refractivity contribution in [1.29, 1.82) is 0 Å². The monoisotopic (exact) mass is 269 g/mol. The number of nitrogens with two attached hydrogens (primary N) is 1. The molecular weight excluding hydrogens is 246 g/mol. The first-order chi connectivity index (χ1) is 9.70. The van der Waals surface area contributed by atoms with Crippen molar-refractivity contribution in [1.82, 2.24) is 4.98 Å². The van der Waals surface area contributed by atoms with Crippen LogP contribution in [0.1, 0.15) is 32.4 Å². The molecule has 1 fully saturated rings. The largest absolute Gasteiger partial charge is 0.353 e. The van der Waals surface area contributed by atoms with Gasteiger partial charge in [-0.05, 0) is 30.2 Å². The van der Waals surface area contributed by atoms with Crippen molar-refractivity contribution in [3.05, 3.63) is 36.0 Å². The lowest BCUT2D eigenvalue weighted by Crippen LogP contribution is -2.34. The summed E-state index contributed by atoms with van der Waals surface area (Å²) in [5.41, 5.74) is 6.80. The van der Waals surface area contributed by atoms with Crippen LogP contribution in [0.4, 0.5) is 5.82 Å². The molecule has 1 unspecified atom stereocenters. The van der Waals surface area contributed by atoms with Crippen LogP contribution in [-0.4, -0.2) is 17.6 Å². The van der Waals surface area contributed by atoms with E-state index < -0.39 is 0 Å². The molecule has 3 heteroatoms. The number of rotatable bonds is 3. The fourth-order valence-corrected chi connectivity index (χ4v) is 3.31. The first-order valence-corrected chi connectivity index (χ1v) is 7.56. The van der Waals surface area contributed by atoms with Gasteiger partial charge in [-0.3, -0.25) is 0 Å². The zero-order valence-corrected chi connectivity index (χ0v) is 12.3. The Kier molecular flexibility index (Phi) is 3.62. The van der Waals surface area contributed by atoms with Gasteiger partial charge in [0.2, 0.25) is 0 Å². The van der Waals surface area contributed by atoms with E-state index in [1.807, 2.05) is 0 Å². The number of pyridine rings is 1. The van der Waals surface area contributed by atoms with Gasteiger partial charge in [0.15, 0.2) is 0 Å². The molecule has 1 aromatic carbocycles. The molecule has 0 spiro atoms. The van der Waals surface area contributed by atoms with Crippen LogP contribution in [0.3, 0.4) is 0 Å². The van der Waals surface area contributed by atoms with Crippen LogP contribution in [0.25, 0.3) is 10.8 Å². The Bertz CT molecular complexity index is 606. The summed E-state index contributed by atoms with van der Waals surface area (Å²) < 4.78 is 0. The van der Waals surface area contributed by atoms with Gasteiger partial charge in [-0.25, -0.2) is 4.98 Å². The summed E-state index contributed by atoms with van der Waals surface area (Å²) in [7, 11) is 0. The Morgan fingerprint density at radius 3 is 2.90 bits per heavy atom. The van der Waals surface area contributed by atoms with Crippen molar-refractivity contribution in [3.8, 4) is 0 Å². The molecule has 0 amide bonds. The Balaban J connectivity index is 2.14. The molecule has 0 aliphatic carbocycles. The SMILES string of the molecule is CC(C)C1CCCN1c1nc(CN)cc2ccccc12. The molecule has 0 radical (unpaired) electrons. The van der Waals surface area contributed by atoms with Gasteiger partial charge in [0.1, 0.15) is 5.82 Å². The van der Waals surface area contributed by atoms with Gasteiger partial charge in [0.05, 0.1) is 5.69 Å². The van der Waals surface area contributed by atoms with Gasteiger partial charge in [-0.15, -0.1) is 0 Å². The van der Waals surface area contributed by atoms with Crippen molar-refractivity contribution in [2.75, 3.05) is 11.4 Å². The van der Waals surface area contributed by atoms with Crippen LogP contribution in [-0.2, 0) is 6.54 Å². The summed E-state index contributed by atoms with van der Waals surface area (Å²) in [4.78, 5) is 7.33. The molecule has 1 aliphatic rings. The van der Waals surface area contributed by atoms with E-state index in [0.717, 1.165) is 18.1 Å². The van der Waals surface area contributed by atoms with E-state index in [0.29, 0.717) is 18.5 Å². The van der Waals surface area contributed by atoms with Crippen LogP contribution < -0.4 is 10.6 Å². The third-order valence-corrected chi connectivity index (χ3v) is 4.32. The lowest BCUT2D eigenvalue weighted by Gasteiger charge is -2.30. The molecule has 1 aromatic heterocycles. The van der Waals surface area contributed by atoms with E-state index in [-0.39, 0.29) is 0 Å². The summed E-state index contributed by atoms with van der Waals surface area (Å²) in [5.74, 6) is 1.78. The fraction of sp³-hybridized carbons (Fsp3) is 0.471. The van der Waals surface area contributed by atoms with Crippen LogP contribution in [0.15, 0.2) is 30.3 Å². The Hall–Kier alpha value is -1.61. The van der Waals surface area contributed by atoms with Crippen LogP contribution in [0, 0.1) is 5.92 Å². The lowest BCUT2D eigenvalue weighted by molar-refractivity contribution is 0.490. The first kappa shape index (κ1) is 13.4. The van der Waals surface area contributed by atoms with Crippen LogP contribution >= 0.6 is 0 Å². The molecule has 1 saturated heterocycles. The van der Waals surface area contributed by atoms with E-state index in [1.165, 1.54) is 23.6 Å². The minimum absolute atomic E-state index is 0.498. The molecule has 0 saturated carbocycles. The number of anilines is 1. The molecule has 20 heavy (non-hydrogen) atoms. The van der Waals surface area contributed by atoms with Crippen LogP contribution in [0.5, 0.6) is 0 Å². The predicted molar refractivity (Wildman–Crippen MR) is 84.8 cm³/mol. The van der Waals surface area contributed by atoms with E-state index in [1.54, 1.807) is 0 Å². The van der Waals surface area contributed by atoms with Gasteiger partial charge in [-0.1, -0.05) is 38.1 Å². The van der Waals surface area contributed by atoms with E-state index in [9.17, 15) is 0 Å². The zero-order chi connectivity index (χ0) is 14.1. The van der Waals surface area contributed by atoms with E-state index in [4.69, 9.17) is 10.7 Å². The van der Waals surface area contributed by atoms with Crippen molar-refractivity contribution >= 4 is 16.6 Å². The van der Waals surface area contributed by atoms with E-state index in [2.05, 4.69) is 49.1 Å². The van der Waals surface area contributed by atoms with Gasteiger partial charge in [0.25, 0.3) is 0 Å². The molecule has 2 heterocycles. The maximum atomic E-state index is 5.82. The highest BCUT2D eigenvalue weighted by molar-refractivity contribution is 5.92. The second-order valence-corrected chi connectivity index (χ2v) is 6.01. The summed E-state index contributed by atoms with van der Waals surface area (Å²) >= 11 is 0. The standard InChI is InChI=1S/C17H23N3/c1-12(2)16-8-5-9-20(16)17-15-7-4-3-6-13(15)10-14(11-18)19-17/h3-4,6-7,10,12,16H,5,8-9,11,18H2,1-2H3. The highest BCUT2D eigenvalue weighted by atomic mass is 15.2. The molecule has 1 aliphatic heterocycles. The van der Waals surface area contributed by atoms with Crippen molar-refractivity contribution < 1.29 is 0 Å². The average Bonchev–Trinajstić information content (AvgIpc) is 2.95. The quantitative estimate of drug-likeness (QED) is 0.929. The second-order valence-electron chi connectivity index (χ2n) is 6.01. The molecule has 1 atom stereocenters. The smallest absolute Gasteiger partial charge is 0.137 e. The molecule has 3 rings (SSSR count). The minimum Gasteiger partial charge on any atom is -0.353 e. The Morgan fingerprint density at radius 1 is 1.35 bits per heavy atom. The van der Waals surface area contributed by atoms with Crippen molar-refractivity contribution in [2.24, 2.45) is 11.7 Å². The summed E-state index contributed by atoms with van der Waals surface area (Å²) in [6.07, 6.45) is 2.52. The van der Waals surface area contributed by atoms with Crippen LogP contribution in [0.2, 0.25) is 0 Å². The molecule has 0 bridgehead atoms. The number of hydrogen-bond donors (Lipinski definition) is 1. The third-order valence-electron chi connectivity index (χ3n) is 4.32. The number of nitrogens with zero attached hydrogens (tertiary/aromatic N) is 2. The minimum atomic E-state index is 0.498. The van der Waals surface area contributed by atoms with Crippen molar-refractivity contribution in [3.63, 3.8) is 0 Å². The highest BCUT2D eigenvalue weighted by Crippen LogP contribution is 2.33. The fourth-order valence-electron chi connectivity index (χ4n) is 3.31. The first-order valence-electron chi connectivity index (χ1n) is 7.56. The predicted octanol–water partition coefficient (Wildman–Crippen LogP) is 3.32. The number of aromatic nitrogens is 1. The van der Waals surface area contributed by atoms with Gasteiger partial charge in [0, 0.05) is 24.5 Å². The molecular formula is C17H23N3. The Morgan fingerprint density at radius 2 is 2.15 bits per heavy atom. The molecule has 3 nitrogen and oxygen atoms in total. The molecule has 2 N–H and O–H groups in total. The maximum absolute atomic E-state index is 5.82. The number of benzene rings is 1.